The van der Waals surface area contributed by atoms with Crippen molar-refractivity contribution in [2.75, 3.05) is 32.1 Å². The number of anilines is 1. The molecule has 1 fully saturated rings. The lowest BCUT2D eigenvalue weighted by atomic mass is 10.0. The van der Waals surface area contributed by atoms with Crippen molar-refractivity contribution in [1.29, 1.82) is 0 Å². The monoisotopic (exact) mass is 348 g/mol. The molecule has 1 aliphatic rings. The molecule has 0 N–H and O–H groups in total. The van der Waals surface area contributed by atoms with Crippen molar-refractivity contribution in [3.8, 4) is 0 Å². The normalized spacial score (nSPS) is 17.8. The first-order valence-corrected chi connectivity index (χ1v) is 7.02. The third-order valence-corrected chi connectivity index (χ3v) is 4.12. The van der Waals surface area contributed by atoms with Gasteiger partial charge in [0, 0.05) is 22.7 Å². The molecule has 0 atom stereocenters. The molecule has 1 aromatic carbocycles. The van der Waals surface area contributed by atoms with Crippen LogP contribution in [-0.2, 0) is 0 Å². The number of rotatable bonds is 2. The van der Waals surface area contributed by atoms with Gasteiger partial charge in [0.25, 0.3) is 0 Å². The van der Waals surface area contributed by atoms with E-state index in [-0.39, 0.29) is 5.82 Å². The average molecular weight is 348 g/mol. The van der Waals surface area contributed by atoms with E-state index in [9.17, 15) is 4.39 Å². The predicted molar refractivity (Wildman–Crippen MR) is 78.0 cm³/mol. The van der Waals surface area contributed by atoms with E-state index in [0.717, 1.165) is 35.2 Å². The fourth-order valence-electron chi connectivity index (χ4n) is 2.36. The summed E-state index contributed by atoms with van der Waals surface area (Å²) in [6.45, 7) is 1.89. The molecule has 0 aromatic heterocycles. The van der Waals surface area contributed by atoms with Crippen molar-refractivity contribution in [2.45, 2.75) is 18.9 Å². The summed E-state index contributed by atoms with van der Waals surface area (Å²) in [6, 6.07) is 6.11. The second-order valence-electron chi connectivity index (χ2n) is 4.78. The third-order valence-electron chi connectivity index (χ3n) is 3.45. The quantitative estimate of drug-likeness (QED) is 0.759. The number of hydrogen-bond donors (Lipinski definition) is 0. The minimum Gasteiger partial charge on any atom is -0.369 e. The van der Waals surface area contributed by atoms with Gasteiger partial charge >= 0.3 is 0 Å². The molecule has 0 spiro atoms. The first-order chi connectivity index (χ1) is 8.08. The van der Waals surface area contributed by atoms with E-state index in [1.807, 2.05) is 12.1 Å². The van der Waals surface area contributed by atoms with Gasteiger partial charge in [0.05, 0.1) is 5.69 Å². The zero-order valence-electron chi connectivity index (χ0n) is 10.3. The highest BCUT2D eigenvalue weighted by Gasteiger charge is 2.22. The van der Waals surface area contributed by atoms with Crippen LogP contribution in [0.2, 0.25) is 0 Å². The van der Waals surface area contributed by atoms with Crippen LogP contribution >= 0.6 is 22.6 Å². The van der Waals surface area contributed by atoms with Gasteiger partial charge in [-0.05, 0) is 67.7 Å². The minimum atomic E-state index is -0.0970. The molecular weight excluding hydrogens is 330 g/mol. The zero-order valence-corrected chi connectivity index (χ0v) is 12.4. The summed E-state index contributed by atoms with van der Waals surface area (Å²) in [5.74, 6) is -0.0970. The predicted octanol–water partition coefficient (Wildman–Crippen LogP) is 2.96. The van der Waals surface area contributed by atoms with Crippen LogP contribution < -0.4 is 4.90 Å². The Hall–Kier alpha value is -0.360. The molecule has 4 heteroatoms. The summed E-state index contributed by atoms with van der Waals surface area (Å²) in [4.78, 5) is 4.42. The molecule has 0 radical (unpaired) electrons. The van der Waals surface area contributed by atoms with Gasteiger partial charge in [-0.1, -0.05) is 0 Å². The van der Waals surface area contributed by atoms with Crippen molar-refractivity contribution >= 4 is 28.3 Å². The van der Waals surface area contributed by atoms with E-state index < -0.39 is 0 Å². The maximum absolute atomic E-state index is 13.8. The van der Waals surface area contributed by atoms with E-state index in [0.29, 0.717) is 6.04 Å². The lowest BCUT2D eigenvalue weighted by Crippen LogP contribution is -2.42. The van der Waals surface area contributed by atoms with Crippen molar-refractivity contribution in [3.63, 3.8) is 0 Å². The van der Waals surface area contributed by atoms with Crippen LogP contribution in [0.3, 0.4) is 0 Å². The summed E-state index contributed by atoms with van der Waals surface area (Å²) in [5.41, 5.74) is 0.752. The van der Waals surface area contributed by atoms with Gasteiger partial charge in [0.1, 0.15) is 5.82 Å². The van der Waals surface area contributed by atoms with Gasteiger partial charge in [0.2, 0.25) is 0 Å². The Morgan fingerprint density at radius 2 is 1.94 bits per heavy atom. The number of piperidine rings is 1. The van der Waals surface area contributed by atoms with Crippen molar-refractivity contribution < 1.29 is 4.39 Å². The van der Waals surface area contributed by atoms with Crippen LogP contribution in [0.15, 0.2) is 18.2 Å². The van der Waals surface area contributed by atoms with Crippen LogP contribution in [0.25, 0.3) is 0 Å². The summed E-state index contributed by atoms with van der Waals surface area (Å²) in [5, 5.41) is 0. The second-order valence-corrected chi connectivity index (χ2v) is 6.02. The third kappa shape index (κ3) is 3.10. The number of hydrogen-bond acceptors (Lipinski definition) is 2. The van der Waals surface area contributed by atoms with Crippen LogP contribution in [0.1, 0.15) is 12.8 Å². The Balaban J connectivity index is 2.05. The van der Waals surface area contributed by atoms with Crippen LogP contribution in [0, 0.1) is 9.39 Å². The minimum absolute atomic E-state index is 0.0970. The number of benzene rings is 1. The molecule has 1 saturated heterocycles. The Morgan fingerprint density at radius 1 is 1.29 bits per heavy atom. The van der Waals surface area contributed by atoms with E-state index in [1.54, 1.807) is 6.07 Å². The van der Waals surface area contributed by atoms with Crippen LogP contribution in [0.4, 0.5) is 10.1 Å². The second kappa shape index (κ2) is 5.52. The van der Waals surface area contributed by atoms with E-state index in [4.69, 9.17) is 0 Å². The van der Waals surface area contributed by atoms with Crippen molar-refractivity contribution in [2.24, 2.45) is 0 Å². The summed E-state index contributed by atoms with van der Waals surface area (Å²) in [7, 11) is 4.23. The largest absolute Gasteiger partial charge is 0.369 e. The van der Waals surface area contributed by atoms with Crippen molar-refractivity contribution in [3.05, 3.63) is 27.6 Å². The molecule has 0 aliphatic carbocycles. The van der Waals surface area contributed by atoms with Gasteiger partial charge in [-0.15, -0.1) is 0 Å². The van der Waals surface area contributed by atoms with Gasteiger partial charge in [-0.3, -0.25) is 0 Å². The highest BCUT2D eigenvalue weighted by Crippen LogP contribution is 2.25. The summed E-state index contributed by atoms with van der Waals surface area (Å²) < 4.78 is 14.8. The smallest absolute Gasteiger partial charge is 0.147 e. The van der Waals surface area contributed by atoms with Crippen LogP contribution in [0.5, 0.6) is 0 Å². The summed E-state index contributed by atoms with van der Waals surface area (Å²) in [6.07, 6.45) is 2.22. The molecule has 17 heavy (non-hydrogen) atoms. The molecule has 0 bridgehead atoms. The Morgan fingerprint density at radius 3 is 2.47 bits per heavy atom. The lowest BCUT2D eigenvalue weighted by molar-refractivity contribution is 0.249. The SMILES string of the molecule is CN(C)C1CCN(c2ccc(I)cc2F)CC1. The Labute approximate surface area is 116 Å². The lowest BCUT2D eigenvalue weighted by Gasteiger charge is -2.36. The zero-order chi connectivity index (χ0) is 12.4. The van der Waals surface area contributed by atoms with E-state index >= 15 is 0 Å². The maximum atomic E-state index is 13.8. The highest BCUT2D eigenvalue weighted by atomic mass is 127. The van der Waals surface area contributed by atoms with E-state index in [1.165, 1.54) is 0 Å². The topological polar surface area (TPSA) is 6.48 Å². The molecule has 2 nitrogen and oxygen atoms in total. The summed E-state index contributed by atoms with van der Waals surface area (Å²) >= 11 is 2.14. The molecule has 94 valence electrons. The fourth-order valence-corrected chi connectivity index (χ4v) is 2.81. The maximum Gasteiger partial charge on any atom is 0.147 e. The first-order valence-electron chi connectivity index (χ1n) is 5.94. The Bertz CT molecular complexity index is 387. The molecule has 2 rings (SSSR count). The van der Waals surface area contributed by atoms with Crippen LogP contribution in [-0.4, -0.2) is 38.1 Å². The Kier molecular flexibility index (Phi) is 4.25. The number of nitrogens with zero attached hydrogens (tertiary/aromatic N) is 2. The molecular formula is C13H18FIN2. The first kappa shape index (κ1) is 13.1. The van der Waals surface area contributed by atoms with Gasteiger partial charge in [-0.25, -0.2) is 4.39 Å². The van der Waals surface area contributed by atoms with Gasteiger partial charge < -0.3 is 9.80 Å². The molecule has 0 unspecified atom stereocenters. The molecule has 1 aromatic rings. The average Bonchev–Trinajstić information content (AvgIpc) is 2.29. The van der Waals surface area contributed by atoms with Gasteiger partial charge in [0.15, 0.2) is 0 Å². The molecule has 0 saturated carbocycles. The van der Waals surface area contributed by atoms with Crippen molar-refractivity contribution in [1.82, 2.24) is 4.90 Å². The fraction of sp³-hybridized carbons (Fsp3) is 0.538. The molecule has 1 aliphatic heterocycles. The highest BCUT2D eigenvalue weighted by molar-refractivity contribution is 14.1. The molecule has 0 amide bonds. The van der Waals surface area contributed by atoms with Gasteiger partial charge in [-0.2, -0.15) is 0 Å². The number of halogens is 2. The van der Waals surface area contributed by atoms with E-state index in [2.05, 4.69) is 46.5 Å². The molecule has 1 heterocycles. The standard InChI is InChI=1S/C13H18FIN2/c1-16(2)11-5-7-17(8-6-11)13-4-3-10(15)9-12(13)14/h3-4,9,11H,5-8H2,1-2H3.